The third-order valence-corrected chi connectivity index (χ3v) is 3.18. The van der Waals surface area contributed by atoms with Crippen LogP contribution in [-0.2, 0) is 0 Å². The van der Waals surface area contributed by atoms with Gasteiger partial charge in [0.05, 0.1) is 6.10 Å². The molecule has 0 aliphatic carbocycles. The molecule has 1 unspecified atom stereocenters. The van der Waals surface area contributed by atoms with E-state index in [1.54, 1.807) is 24.9 Å². The SMILES string of the molecule is CC(O)c1ccc(Sc2ccccn2)cc1. The van der Waals surface area contributed by atoms with Gasteiger partial charge in [0, 0.05) is 11.1 Å². The van der Waals surface area contributed by atoms with E-state index >= 15 is 0 Å². The topological polar surface area (TPSA) is 33.1 Å². The van der Waals surface area contributed by atoms with Crippen LogP contribution < -0.4 is 0 Å². The summed E-state index contributed by atoms with van der Waals surface area (Å²) in [6, 6.07) is 13.7. The van der Waals surface area contributed by atoms with Crippen molar-refractivity contribution in [3.63, 3.8) is 0 Å². The quantitative estimate of drug-likeness (QED) is 0.880. The van der Waals surface area contributed by atoms with Crippen molar-refractivity contribution in [2.45, 2.75) is 22.9 Å². The number of nitrogens with zero attached hydrogens (tertiary/aromatic N) is 1. The zero-order valence-electron chi connectivity index (χ0n) is 9.00. The third kappa shape index (κ3) is 2.84. The first-order chi connectivity index (χ1) is 7.75. The maximum atomic E-state index is 9.39. The lowest BCUT2D eigenvalue weighted by molar-refractivity contribution is 0.199. The van der Waals surface area contributed by atoms with Crippen molar-refractivity contribution >= 4 is 11.8 Å². The second kappa shape index (κ2) is 5.14. The molecule has 1 N–H and O–H groups in total. The molecule has 0 aliphatic heterocycles. The Morgan fingerprint density at radius 1 is 1.12 bits per heavy atom. The number of benzene rings is 1. The normalized spacial score (nSPS) is 12.4. The highest BCUT2D eigenvalue weighted by Gasteiger charge is 2.01. The molecule has 0 fully saturated rings. The number of hydrogen-bond acceptors (Lipinski definition) is 3. The molecule has 2 aromatic rings. The predicted octanol–water partition coefficient (Wildman–Crippen LogP) is 3.29. The molecular formula is C13H13NOS. The van der Waals surface area contributed by atoms with E-state index in [1.807, 2.05) is 42.5 Å². The van der Waals surface area contributed by atoms with E-state index in [0.717, 1.165) is 15.5 Å². The van der Waals surface area contributed by atoms with Gasteiger partial charge in [-0.25, -0.2) is 4.98 Å². The van der Waals surface area contributed by atoms with Crippen molar-refractivity contribution < 1.29 is 5.11 Å². The van der Waals surface area contributed by atoms with Gasteiger partial charge in [-0.15, -0.1) is 0 Å². The maximum absolute atomic E-state index is 9.39. The van der Waals surface area contributed by atoms with Crippen LogP contribution in [0, 0.1) is 0 Å². The summed E-state index contributed by atoms with van der Waals surface area (Å²) in [5, 5.41) is 10.4. The van der Waals surface area contributed by atoms with E-state index in [-0.39, 0.29) is 0 Å². The fourth-order valence-electron chi connectivity index (χ4n) is 1.34. The first-order valence-electron chi connectivity index (χ1n) is 5.12. The minimum atomic E-state index is -0.408. The van der Waals surface area contributed by atoms with Crippen molar-refractivity contribution in [2.75, 3.05) is 0 Å². The minimum Gasteiger partial charge on any atom is -0.389 e. The Morgan fingerprint density at radius 2 is 1.88 bits per heavy atom. The van der Waals surface area contributed by atoms with Crippen LogP contribution in [-0.4, -0.2) is 10.1 Å². The number of rotatable bonds is 3. The van der Waals surface area contributed by atoms with Gasteiger partial charge in [0.15, 0.2) is 0 Å². The molecule has 0 saturated heterocycles. The van der Waals surface area contributed by atoms with Crippen LogP contribution in [0.3, 0.4) is 0 Å². The smallest absolute Gasteiger partial charge is 0.101 e. The fraction of sp³-hybridized carbons (Fsp3) is 0.154. The predicted molar refractivity (Wildman–Crippen MR) is 65.4 cm³/mol. The molecule has 1 atom stereocenters. The molecule has 2 nitrogen and oxygen atoms in total. The van der Waals surface area contributed by atoms with Crippen LogP contribution in [0.4, 0.5) is 0 Å². The molecule has 1 aromatic carbocycles. The summed E-state index contributed by atoms with van der Waals surface area (Å²) in [4.78, 5) is 5.37. The minimum absolute atomic E-state index is 0.408. The van der Waals surface area contributed by atoms with Crippen molar-refractivity contribution in [2.24, 2.45) is 0 Å². The lowest BCUT2D eigenvalue weighted by Crippen LogP contribution is -1.89. The van der Waals surface area contributed by atoms with Gasteiger partial charge in [-0.05, 0) is 36.8 Å². The highest BCUT2D eigenvalue weighted by atomic mass is 32.2. The van der Waals surface area contributed by atoms with Gasteiger partial charge in [0.1, 0.15) is 5.03 Å². The summed E-state index contributed by atoms with van der Waals surface area (Å²) < 4.78 is 0. The van der Waals surface area contributed by atoms with Gasteiger partial charge >= 0.3 is 0 Å². The fourth-order valence-corrected chi connectivity index (χ4v) is 2.12. The van der Waals surface area contributed by atoms with Crippen molar-refractivity contribution in [1.82, 2.24) is 4.98 Å². The Hall–Kier alpha value is -1.32. The Bertz CT molecular complexity index is 439. The lowest BCUT2D eigenvalue weighted by Gasteiger charge is -2.05. The Morgan fingerprint density at radius 3 is 2.44 bits per heavy atom. The summed E-state index contributed by atoms with van der Waals surface area (Å²) >= 11 is 1.62. The third-order valence-electron chi connectivity index (χ3n) is 2.22. The second-order valence-electron chi connectivity index (χ2n) is 3.52. The molecule has 1 heterocycles. The maximum Gasteiger partial charge on any atom is 0.101 e. The molecule has 1 aromatic heterocycles. The summed E-state index contributed by atoms with van der Waals surface area (Å²) in [5.74, 6) is 0. The molecule has 3 heteroatoms. The Labute approximate surface area is 99.4 Å². The van der Waals surface area contributed by atoms with Gasteiger partial charge in [0.2, 0.25) is 0 Å². The molecular weight excluding hydrogens is 218 g/mol. The molecule has 82 valence electrons. The molecule has 0 radical (unpaired) electrons. The standard InChI is InChI=1S/C13H13NOS/c1-10(15)11-5-7-12(8-6-11)16-13-4-2-3-9-14-13/h2-10,15H,1H3. The van der Waals surface area contributed by atoms with Crippen LogP contribution in [0.2, 0.25) is 0 Å². The van der Waals surface area contributed by atoms with Gasteiger partial charge in [-0.3, -0.25) is 0 Å². The first kappa shape index (κ1) is 11.2. The van der Waals surface area contributed by atoms with Crippen LogP contribution in [0.5, 0.6) is 0 Å². The van der Waals surface area contributed by atoms with Gasteiger partial charge in [0.25, 0.3) is 0 Å². The Kier molecular flexibility index (Phi) is 3.59. The molecule has 0 amide bonds. The van der Waals surface area contributed by atoms with Crippen LogP contribution >= 0.6 is 11.8 Å². The summed E-state index contributed by atoms with van der Waals surface area (Å²) in [6.45, 7) is 1.76. The van der Waals surface area contributed by atoms with Crippen molar-refractivity contribution in [3.8, 4) is 0 Å². The number of pyridine rings is 1. The van der Waals surface area contributed by atoms with E-state index < -0.39 is 6.10 Å². The molecule has 2 rings (SSSR count). The van der Waals surface area contributed by atoms with Crippen molar-refractivity contribution in [3.05, 3.63) is 54.2 Å². The zero-order chi connectivity index (χ0) is 11.4. The number of aromatic nitrogens is 1. The van der Waals surface area contributed by atoms with Crippen LogP contribution in [0.1, 0.15) is 18.6 Å². The van der Waals surface area contributed by atoms with Gasteiger partial charge < -0.3 is 5.11 Å². The lowest BCUT2D eigenvalue weighted by atomic mass is 10.1. The summed E-state index contributed by atoms with van der Waals surface area (Å²) in [6.07, 6.45) is 1.38. The monoisotopic (exact) mass is 231 g/mol. The van der Waals surface area contributed by atoms with Crippen LogP contribution in [0.15, 0.2) is 58.6 Å². The van der Waals surface area contributed by atoms with Crippen LogP contribution in [0.25, 0.3) is 0 Å². The largest absolute Gasteiger partial charge is 0.389 e. The molecule has 0 bridgehead atoms. The van der Waals surface area contributed by atoms with E-state index in [9.17, 15) is 5.11 Å². The summed E-state index contributed by atoms with van der Waals surface area (Å²) in [7, 11) is 0. The number of aliphatic hydroxyl groups excluding tert-OH is 1. The number of aliphatic hydroxyl groups is 1. The molecule has 16 heavy (non-hydrogen) atoms. The zero-order valence-corrected chi connectivity index (χ0v) is 9.82. The van der Waals surface area contributed by atoms with E-state index in [2.05, 4.69) is 4.98 Å². The Balaban J connectivity index is 2.11. The van der Waals surface area contributed by atoms with Gasteiger partial charge in [-0.2, -0.15) is 0 Å². The highest BCUT2D eigenvalue weighted by molar-refractivity contribution is 7.99. The first-order valence-corrected chi connectivity index (χ1v) is 5.94. The second-order valence-corrected chi connectivity index (χ2v) is 4.61. The van der Waals surface area contributed by atoms with Gasteiger partial charge in [-0.1, -0.05) is 30.0 Å². The molecule has 0 saturated carbocycles. The molecule has 0 aliphatic rings. The average Bonchev–Trinajstić information content (AvgIpc) is 2.31. The van der Waals surface area contributed by atoms with E-state index in [0.29, 0.717) is 0 Å². The van der Waals surface area contributed by atoms with E-state index in [4.69, 9.17) is 0 Å². The highest BCUT2D eigenvalue weighted by Crippen LogP contribution is 2.26. The average molecular weight is 231 g/mol. The van der Waals surface area contributed by atoms with E-state index in [1.165, 1.54) is 0 Å². The summed E-state index contributed by atoms with van der Waals surface area (Å²) in [5.41, 5.74) is 0.936. The van der Waals surface area contributed by atoms with Crippen molar-refractivity contribution in [1.29, 1.82) is 0 Å². The molecule has 0 spiro atoms. The number of hydrogen-bond donors (Lipinski definition) is 1.